The first-order valence-corrected chi connectivity index (χ1v) is 11.4. The van der Waals surface area contributed by atoms with E-state index in [1.54, 1.807) is 13.2 Å². The lowest BCUT2D eigenvalue weighted by molar-refractivity contribution is 0.139. The fraction of sp³-hybridized carbons (Fsp3) is 0.333. The van der Waals surface area contributed by atoms with Crippen LogP contribution in [0.1, 0.15) is 42.1 Å². The Morgan fingerprint density at radius 1 is 1.06 bits per heavy atom. The van der Waals surface area contributed by atoms with Crippen molar-refractivity contribution < 1.29 is 4.74 Å². The molecule has 33 heavy (non-hydrogen) atoms. The molecule has 1 N–H and O–H groups in total. The molecule has 6 nitrogen and oxygen atoms in total. The zero-order valence-electron chi connectivity index (χ0n) is 19.8. The van der Waals surface area contributed by atoms with E-state index in [0.717, 1.165) is 30.0 Å². The molecule has 0 aliphatic heterocycles. The summed E-state index contributed by atoms with van der Waals surface area (Å²) in [5, 5.41) is 3.18. The molecule has 0 bridgehead atoms. The molecule has 0 fully saturated rings. The average molecular weight is 445 g/mol. The van der Waals surface area contributed by atoms with Gasteiger partial charge in [0, 0.05) is 38.9 Å². The lowest BCUT2D eigenvalue weighted by Gasteiger charge is -2.22. The topological polar surface area (TPSA) is 62.6 Å². The average Bonchev–Trinajstić information content (AvgIpc) is 3.23. The lowest BCUT2D eigenvalue weighted by Crippen LogP contribution is -2.28. The largest absolute Gasteiger partial charge is 0.383 e. The highest BCUT2D eigenvalue weighted by atomic mass is 16.5. The number of aromatic nitrogens is 3. The first-order chi connectivity index (χ1) is 15.9. The molecule has 0 saturated carbocycles. The third-order valence-corrected chi connectivity index (χ3v) is 5.88. The Bertz CT molecular complexity index is 1270. The van der Waals surface area contributed by atoms with E-state index in [-0.39, 0.29) is 5.56 Å². The van der Waals surface area contributed by atoms with E-state index in [4.69, 9.17) is 9.72 Å². The number of H-pyrrole nitrogens is 1. The number of ether oxygens (including phenoxy) is 1. The lowest BCUT2D eigenvalue weighted by atomic mass is 10.0. The van der Waals surface area contributed by atoms with Crippen molar-refractivity contribution in [1.82, 2.24) is 19.5 Å². The Balaban J connectivity index is 1.58. The second kappa shape index (κ2) is 10.1. The van der Waals surface area contributed by atoms with Crippen LogP contribution in [-0.4, -0.2) is 39.8 Å². The van der Waals surface area contributed by atoms with Gasteiger partial charge < -0.3 is 4.74 Å². The number of hydrogen-bond acceptors (Lipinski definition) is 4. The molecule has 0 unspecified atom stereocenters. The predicted octanol–water partition coefficient (Wildman–Crippen LogP) is 4.77. The van der Waals surface area contributed by atoms with Crippen LogP contribution in [0.4, 0.5) is 0 Å². The molecular weight excluding hydrogens is 412 g/mol. The van der Waals surface area contributed by atoms with Crippen molar-refractivity contribution >= 4 is 5.65 Å². The molecule has 4 rings (SSSR count). The second-order valence-electron chi connectivity index (χ2n) is 8.92. The van der Waals surface area contributed by atoms with E-state index in [0.29, 0.717) is 24.7 Å². The normalized spacial score (nSPS) is 11.7. The summed E-state index contributed by atoms with van der Waals surface area (Å²) >= 11 is 0. The van der Waals surface area contributed by atoms with Crippen molar-refractivity contribution in [3.63, 3.8) is 0 Å². The molecular formula is C27H32N4O2. The zero-order valence-corrected chi connectivity index (χ0v) is 19.8. The number of nitrogens with zero attached hydrogens (tertiary/aromatic N) is 3. The molecule has 0 saturated heterocycles. The van der Waals surface area contributed by atoms with Gasteiger partial charge >= 0.3 is 0 Å². The molecule has 172 valence electrons. The van der Waals surface area contributed by atoms with Crippen molar-refractivity contribution in [3.05, 3.63) is 93.4 Å². The van der Waals surface area contributed by atoms with Gasteiger partial charge in [0.05, 0.1) is 18.0 Å². The van der Waals surface area contributed by atoms with Gasteiger partial charge in [0.25, 0.3) is 5.56 Å². The van der Waals surface area contributed by atoms with Gasteiger partial charge in [0.1, 0.15) is 0 Å². The van der Waals surface area contributed by atoms with Gasteiger partial charge in [0.15, 0.2) is 5.65 Å². The van der Waals surface area contributed by atoms with Crippen molar-refractivity contribution in [1.29, 1.82) is 0 Å². The molecule has 0 radical (unpaired) electrons. The van der Waals surface area contributed by atoms with Crippen LogP contribution in [0.15, 0.2) is 65.5 Å². The van der Waals surface area contributed by atoms with E-state index in [1.807, 2.05) is 18.2 Å². The SMILES string of the molecule is COCCN(Cc1ccc(C(C)C)cc1)Cc1cc(=O)n2[nH]c(-c3cccc(C)c3)cc2n1. The molecule has 0 aliphatic carbocycles. The molecule has 2 aromatic heterocycles. The van der Waals surface area contributed by atoms with Gasteiger partial charge in [-0.3, -0.25) is 14.8 Å². The monoisotopic (exact) mass is 444 g/mol. The third-order valence-electron chi connectivity index (χ3n) is 5.88. The van der Waals surface area contributed by atoms with Crippen LogP contribution in [-0.2, 0) is 17.8 Å². The van der Waals surface area contributed by atoms with Crippen molar-refractivity contribution in [2.24, 2.45) is 0 Å². The third kappa shape index (κ3) is 5.59. The first kappa shape index (κ1) is 23.0. The number of rotatable bonds is 9. The standard InChI is InChI=1S/C27H32N4O2/c1-19(2)22-10-8-21(9-11-22)17-30(12-13-33-4)18-24-15-27(32)31-26(28-24)16-25(29-31)23-7-5-6-20(3)14-23/h5-11,14-16,19,29H,12-13,17-18H2,1-4H3. The van der Waals surface area contributed by atoms with Gasteiger partial charge in [-0.05, 0) is 35.6 Å². The Hall–Kier alpha value is -3.22. The summed E-state index contributed by atoms with van der Waals surface area (Å²) in [6.45, 7) is 9.17. The Morgan fingerprint density at radius 2 is 1.85 bits per heavy atom. The number of fused-ring (bicyclic) bond motifs is 1. The number of aromatic amines is 1. The molecule has 6 heteroatoms. The predicted molar refractivity (Wildman–Crippen MR) is 133 cm³/mol. The molecule has 2 heterocycles. The molecule has 2 aromatic carbocycles. The van der Waals surface area contributed by atoms with Crippen LogP contribution in [0.2, 0.25) is 0 Å². The van der Waals surface area contributed by atoms with Gasteiger partial charge in [-0.2, -0.15) is 0 Å². The highest BCUT2D eigenvalue weighted by molar-refractivity contribution is 5.64. The summed E-state index contributed by atoms with van der Waals surface area (Å²) in [5.41, 5.74) is 6.92. The highest BCUT2D eigenvalue weighted by Crippen LogP contribution is 2.20. The van der Waals surface area contributed by atoms with Crippen LogP contribution in [0.25, 0.3) is 16.9 Å². The van der Waals surface area contributed by atoms with Crippen LogP contribution >= 0.6 is 0 Å². The minimum Gasteiger partial charge on any atom is -0.383 e. The zero-order chi connectivity index (χ0) is 23.4. The first-order valence-electron chi connectivity index (χ1n) is 11.4. The summed E-state index contributed by atoms with van der Waals surface area (Å²) in [5.74, 6) is 0.513. The van der Waals surface area contributed by atoms with E-state index < -0.39 is 0 Å². The Morgan fingerprint density at radius 3 is 2.55 bits per heavy atom. The quantitative estimate of drug-likeness (QED) is 0.404. The highest BCUT2D eigenvalue weighted by Gasteiger charge is 2.13. The van der Waals surface area contributed by atoms with Crippen LogP contribution in [0.3, 0.4) is 0 Å². The van der Waals surface area contributed by atoms with E-state index >= 15 is 0 Å². The number of hydrogen-bond donors (Lipinski definition) is 1. The second-order valence-corrected chi connectivity index (χ2v) is 8.92. The maximum atomic E-state index is 12.8. The summed E-state index contributed by atoms with van der Waals surface area (Å²) in [7, 11) is 1.71. The fourth-order valence-electron chi connectivity index (χ4n) is 4.01. The Labute approximate surface area is 194 Å². The van der Waals surface area contributed by atoms with Crippen LogP contribution in [0.5, 0.6) is 0 Å². The maximum absolute atomic E-state index is 12.8. The molecule has 4 aromatic rings. The van der Waals surface area contributed by atoms with Crippen LogP contribution < -0.4 is 5.56 Å². The minimum atomic E-state index is -0.109. The molecule has 0 atom stereocenters. The van der Waals surface area contributed by atoms with Gasteiger partial charge in [-0.15, -0.1) is 0 Å². The van der Waals surface area contributed by atoms with E-state index in [2.05, 4.69) is 67.2 Å². The van der Waals surface area contributed by atoms with Crippen molar-refractivity contribution in [2.75, 3.05) is 20.3 Å². The Kier molecular flexibility index (Phi) is 7.06. The van der Waals surface area contributed by atoms with Gasteiger partial charge in [-0.1, -0.05) is 61.9 Å². The molecule has 0 spiro atoms. The number of methoxy groups -OCH3 is 1. The summed E-state index contributed by atoms with van der Waals surface area (Å²) in [6, 6.07) is 20.5. The van der Waals surface area contributed by atoms with Gasteiger partial charge in [-0.25, -0.2) is 9.50 Å². The molecule has 0 aliphatic rings. The van der Waals surface area contributed by atoms with Crippen molar-refractivity contribution in [3.8, 4) is 11.3 Å². The minimum absolute atomic E-state index is 0.109. The summed E-state index contributed by atoms with van der Waals surface area (Å²) < 4.78 is 6.83. The summed E-state index contributed by atoms with van der Waals surface area (Å²) in [6.07, 6.45) is 0. The van der Waals surface area contributed by atoms with E-state index in [1.165, 1.54) is 21.2 Å². The number of benzene rings is 2. The summed E-state index contributed by atoms with van der Waals surface area (Å²) in [4.78, 5) is 19.9. The maximum Gasteiger partial charge on any atom is 0.272 e. The fourth-order valence-corrected chi connectivity index (χ4v) is 4.01. The van der Waals surface area contributed by atoms with E-state index in [9.17, 15) is 4.79 Å². The number of aryl methyl sites for hydroxylation is 1. The van der Waals surface area contributed by atoms with Gasteiger partial charge in [0.2, 0.25) is 0 Å². The molecule has 0 amide bonds. The number of nitrogens with one attached hydrogen (secondary N) is 1. The smallest absolute Gasteiger partial charge is 0.272 e. The van der Waals surface area contributed by atoms with Crippen LogP contribution in [0, 0.1) is 6.92 Å². The van der Waals surface area contributed by atoms with Crippen molar-refractivity contribution in [2.45, 2.75) is 39.8 Å².